The maximum atomic E-state index is 12.0. The van der Waals surface area contributed by atoms with Crippen molar-refractivity contribution < 1.29 is 14.3 Å². The van der Waals surface area contributed by atoms with Crippen LogP contribution in [-0.4, -0.2) is 30.6 Å². The summed E-state index contributed by atoms with van der Waals surface area (Å²) in [5, 5.41) is 6.04. The highest BCUT2D eigenvalue weighted by molar-refractivity contribution is 7.16. The van der Waals surface area contributed by atoms with Crippen molar-refractivity contribution in [1.82, 2.24) is 10.3 Å². The molecule has 1 N–H and O–H groups in total. The van der Waals surface area contributed by atoms with Gasteiger partial charge in [0.1, 0.15) is 11.5 Å². The minimum Gasteiger partial charge on any atom is -0.494 e. The van der Waals surface area contributed by atoms with Gasteiger partial charge in [-0.25, -0.2) is 4.98 Å². The minimum absolute atomic E-state index is 0.00293. The predicted octanol–water partition coefficient (Wildman–Crippen LogP) is 4.71. The highest BCUT2D eigenvalue weighted by Crippen LogP contribution is 2.29. The molecule has 0 bridgehead atoms. The van der Waals surface area contributed by atoms with E-state index >= 15 is 0 Å². The van der Waals surface area contributed by atoms with Crippen LogP contribution < -0.4 is 14.8 Å². The van der Waals surface area contributed by atoms with Gasteiger partial charge in [-0.2, -0.15) is 0 Å². The molecule has 3 rings (SSSR count). The Morgan fingerprint density at radius 1 is 1.11 bits per heavy atom. The number of carbonyl (C=O) groups is 1. The molecule has 5 nitrogen and oxygen atoms in total. The molecule has 0 unspecified atom stereocenters. The van der Waals surface area contributed by atoms with Crippen molar-refractivity contribution >= 4 is 28.6 Å². The number of ether oxygens (including phenoxy) is 2. The molecule has 2 heterocycles. The molecule has 7 heteroatoms. The molecule has 2 aromatic heterocycles. The van der Waals surface area contributed by atoms with Crippen LogP contribution in [0.3, 0.4) is 0 Å². The van der Waals surface area contributed by atoms with Gasteiger partial charge in [-0.3, -0.25) is 4.79 Å². The molecule has 0 atom stereocenters. The number of rotatable bonds is 10. The summed E-state index contributed by atoms with van der Waals surface area (Å²) in [4.78, 5) is 18.9. The molecule has 28 heavy (non-hydrogen) atoms. The number of amides is 1. The van der Waals surface area contributed by atoms with Crippen LogP contribution in [0.2, 0.25) is 0 Å². The second-order valence-corrected chi connectivity index (χ2v) is 8.46. The van der Waals surface area contributed by atoms with E-state index in [0.717, 1.165) is 29.3 Å². The first-order valence-electron chi connectivity index (χ1n) is 9.27. The van der Waals surface area contributed by atoms with Crippen molar-refractivity contribution in [2.24, 2.45) is 0 Å². The molecular weight excluding hydrogens is 392 g/mol. The molecule has 0 aliphatic heterocycles. The van der Waals surface area contributed by atoms with Crippen LogP contribution in [0.15, 0.2) is 41.8 Å². The van der Waals surface area contributed by atoms with Crippen molar-refractivity contribution in [2.75, 3.05) is 19.8 Å². The van der Waals surface area contributed by atoms with E-state index in [-0.39, 0.29) is 12.5 Å². The van der Waals surface area contributed by atoms with Crippen LogP contribution in [0.4, 0.5) is 0 Å². The van der Waals surface area contributed by atoms with E-state index in [1.54, 1.807) is 22.7 Å². The fourth-order valence-corrected chi connectivity index (χ4v) is 4.16. The largest absolute Gasteiger partial charge is 0.494 e. The zero-order valence-electron chi connectivity index (χ0n) is 16.1. The van der Waals surface area contributed by atoms with Crippen LogP contribution in [-0.2, 0) is 11.2 Å². The summed E-state index contributed by atoms with van der Waals surface area (Å²) >= 11 is 3.37. The van der Waals surface area contributed by atoms with Gasteiger partial charge >= 0.3 is 0 Å². The number of nitrogens with zero attached hydrogens (tertiary/aromatic N) is 1. The topological polar surface area (TPSA) is 60.5 Å². The Labute approximate surface area is 173 Å². The van der Waals surface area contributed by atoms with Crippen LogP contribution in [0.5, 0.6) is 11.5 Å². The molecule has 148 valence electrons. The smallest absolute Gasteiger partial charge is 0.257 e. The minimum atomic E-state index is -0.127. The molecule has 0 aliphatic carbocycles. The Balaban J connectivity index is 1.37. The summed E-state index contributed by atoms with van der Waals surface area (Å²) in [7, 11) is 0. The molecule has 1 amide bonds. The van der Waals surface area contributed by atoms with Gasteiger partial charge in [-0.05, 0) is 56.2 Å². The summed E-state index contributed by atoms with van der Waals surface area (Å²) in [5.41, 5.74) is 1.03. The van der Waals surface area contributed by atoms with Gasteiger partial charge in [0.15, 0.2) is 6.61 Å². The lowest BCUT2D eigenvalue weighted by atomic mass is 10.3. The van der Waals surface area contributed by atoms with Gasteiger partial charge in [0.25, 0.3) is 5.91 Å². The molecular formula is C21H24N2O3S2. The van der Waals surface area contributed by atoms with Gasteiger partial charge in [0.2, 0.25) is 0 Å². The summed E-state index contributed by atoms with van der Waals surface area (Å²) in [6.45, 7) is 5.35. The van der Waals surface area contributed by atoms with Crippen molar-refractivity contribution in [1.29, 1.82) is 0 Å². The monoisotopic (exact) mass is 416 g/mol. The van der Waals surface area contributed by atoms with Crippen molar-refractivity contribution in [3.63, 3.8) is 0 Å². The lowest BCUT2D eigenvalue weighted by molar-refractivity contribution is -0.123. The molecule has 0 spiro atoms. The summed E-state index contributed by atoms with van der Waals surface area (Å²) in [5.74, 6) is 1.33. The fourth-order valence-electron chi connectivity index (χ4n) is 2.50. The number of carbonyl (C=O) groups excluding carboxylic acids is 1. The predicted molar refractivity (Wildman–Crippen MR) is 115 cm³/mol. The van der Waals surface area contributed by atoms with Crippen LogP contribution >= 0.6 is 22.7 Å². The van der Waals surface area contributed by atoms with Gasteiger partial charge in [0.05, 0.1) is 22.2 Å². The average Bonchev–Trinajstić information content (AvgIpc) is 3.34. The molecule has 0 saturated heterocycles. The van der Waals surface area contributed by atoms with Gasteiger partial charge in [-0.15, -0.1) is 22.7 Å². The van der Waals surface area contributed by atoms with Crippen molar-refractivity contribution in [3.05, 3.63) is 51.7 Å². The Morgan fingerprint density at radius 3 is 2.54 bits per heavy atom. The molecule has 0 fully saturated rings. The van der Waals surface area contributed by atoms with Gasteiger partial charge < -0.3 is 14.8 Å². The third-order valence-electron chi connectivity index (χ3n) is 3.89. The van der Waals surface area contributed by atoms with E-state index in [2.05, 4.69) is 34.7 Å². The third-order valence-corrected chi connectivity index (χ3v) is 5.83. The van der Waals surface area contributed by atoms with Crippen LogP contribution in [0.25, 0.3) is 10.6 Å². The Kier molecular flexibility index (Phi) is 7.45. The Hall–Kier alpha value is -2.38. The third kappa shape index (κ3) is 6.07. The highest BCUT2D eigenvalue weighted by atomic mass is 32.1. The van der Waals surface area contributed by atoms with E-state index < -0.39 is 0 Å². The molecule has 3 aromatic rings. The Morgan fingerprint density at radius 2 is 1.86 bits per heavy atom. The maximum absolute atomic E-state index is 12.0. The van der Waals surface area contributed by atoms with E-state index in [1.165, 1.54) is 9.75 Å². The zero-order valence-corrected chi connectivity index (χ0v) is 17.7. The van der Waals surface area contributed by atoms with Crippen molar-refractivity contribution in [3.8, 4) is 22.1 Å². The first kappa shape index (κ1) is 20.4. The van der Waals surface area contributed by atoms with E-state index in [4.69, 9.17) is 9.47 Å². The van der Waals surface area contributed by atoms with Crippen LogP contribution in [0.1, 0.15) is 23.2 Å². The SMILES string of the molecule is CCCOc1ccc(OCC(=O)NCCc2ccc(-c3csc(C)n3)s2)cc1. The molecule has 0 radical (unpaired) electrons. The first-order valence-corrected chi connectivity index (χ1v) is 11.0. The molecule has 1 aromatic carbocycles. The number of hydrogen-bond donors (Lipinski definition) is 1. The molecule has 0 saturated carbocycles. The Bertz CT molecular complexity index is 887. The van der Waals surface area contributed by atoms with Crippen LogP contribution in [0, 0.1) is 6.92 Å². The summed E-state index contributed by atoms with van der Waals surface area (Å²) in [6.07, 6.45) is 1.76. The number of hydrogen-bond acceptors (Lipinski definition) is 6. The lowest BCUT2D eigenvalue weighted by Gasteiger charge is -2.08. The normalized spacial score (nSPS) is 10.6. The fraction of sp³-hybridized carbons (Fsp3) is 0.333. The number of aromatic nitrogens is 1. The second-order valence-electron chi connectivity index (χ2n) is 6.23. The zero-order chi connectivity index (χ0) is 19.8. The first-order chi connectivity index (χ1) is 13.6. The maximum Gasteiger partial charge on any atom is 0.257 e. The highest BCUT2D eigenvalue weighted by Gasteiger charge is 2.07. The quantitative estimate of drug-likeness (QED) is 0.520. The van der Waals surface area contributed by atoms with Gasteiger partial charge in [0, 0.05) is 16.8 Å². The number of benzene rings is 1. The number of nitrogens with one attached hydrogen (secondary N) is 1. The molecule has 0 aliphatic rings. The lowest BCUT2D eigenvalue weighted by Crippen LogP contribution is -2.30. The summed E-state index contributed by atoms with van der Waals surface area (Å²) in [6, 6.07) is 11.5. The van der Waals surface area contributed by atoms with E-state index in [1.807, 2.05) is 31.2 Å². The standard InChI is InChI=1S/C21H24N2O3S2/c1-3-12-25-16-4-6-17(7-5-16)26-13-21(24)22-11-10-18-8-9-20(28-18)19-14-27-15(2)23-19/h4-9,14H,3,10-13H2,1-2H3,(H,22,24). The number of aryl methyl sites for hydroxylation is 1. The number of thiazole rings is 1. The average molecular weight is 417 g/mol. The second kappa shape index (κ2) is 10.2. The van der Waals surface area contributed by atoms with E-state index in [9.17, 15) is 4.79 Å². The van der Waals surface area contributed by atoms with Crippen molar-refractivity contribution in [2.45, 2.75) is 26.7 Å². The number of thiophene rings is 1. The van der Waals surface area contributed by atoms with E-state index in [0.29, 0.717) is 18.9 Å². The summed E-state index contributed by atoms with van der Waals surface area (Å²) < 4.78 is 11.0. The van der Waals surface area contributed by atoms with Gasteiger partial charge in [-0.1, -0.05) is 6.92 Å².